The number of aryl methyl sites for hydroxylation is 1. The highest BCUT2D eigenvalue weighted by Crippen LogP contribution is 2.26. The van der Waals surface area contributed by atoms with Gasteiger partial charge in [0.1, 0.15) is 11.6 Å². The minimum atomic E-state index is -3.47. The summed E-state index contributed by atoms with van der Waals surface area (Å²) in [6.07, 6.45) is 1.06. The lowest BCUT2D eigenvalue weighted by atomic mass is 10.0. The standard InChI is InChI=1S/C18H19F2NO3S/c1-11-5-7-14(25(4,23)24)10-15(11)18(22)21(3)12(2)16-9-13(19)6-8-17(16)20/h5-10,12H,1-4H3. The number of amides is 1. The summed E-state index contributed by atoms with van der Waals surface area (Å²) in [7, 11) is -2.00. The molecular weight excluding hydrogens is 348 g/mol. The van der Waals surface area contributed by atoms with Crippen molar-refractivity contribution in [2.24, 2.45) is 0 Å². The smallest absolute Gasteiger partial charge is 0.254 e. The maximum absolute atomic E-state index is 14.0. The minimum absolute atomic E-state index is 0.0273. The maximum atomic E-state index is 14.0. The third-order valence-corrected chi connectivity index (χ3v) is 5.29. The van der Waals surface area contributed by atoms with Gasteiger partial charge in [0.25, 0.3) is 5.91 Å². The molecule has 0 spiro atoms. The molecule has 1 amide bonds. The Balaban J connectivity index is 2.41. The van der Waals surface area contributed by atoms with E-state index in [2.05, 4.69) is 0 Å². The molecule has 2 aromatic carbocycles. The van der Waals surface area contributed by atoms with E-state index in [9.17, 15) is 22.0 Å². The number of carbonyl (C=O) groups excluding carboxylic acids is 1. The quantitative estimate of drug-likeness (QED) is 0.831. The Morgan fingerprint density at radius 1 is 1.12 bits per heavy atom. The first-order valence-corrected chi connectivity index (χ1v) is 9.44. The van der Waals surface area contributed by atoms with E-state index in [4.69, 9.17) is 0 Å². The molecule has 1 atom stereocenters. The second kappa shape index (κ2) is 6.92. The van der Waals surface area contributed by atoms with Gasteiger partial charge in [0.2, 0.25) is 0 Å². The Labute approximate surface area is 146 Å². The van der Waals surface area contributed by atoms with E-state index in [1.54, 1.807) is 19.9 Å². The first-order valence-electron chi connectivity index (χ1n) is 7.55. The molecule has 0 N–H and O–H groups in total. The Hall–Kier alpha value is -2.28. The molecule has 0 fully saturated rings. The molecule has 0 heterocycles. The lowest BCUT2D eigenvalue weighted by molar-refractivity contribution is 0.0739. The van der Waals surface area contributed by atoms with Crippen molar-refractivity contribution in [2.75, 3.05) is 13.3 Å². The van der Waals surface area contributed by atoms with Crippen LogP contribution >= 0.6 is 0 Å². The van der Waals surface area contributed by atoms with Gasteiger partial charge in [-0.1, -0.05) is 6.07 Å². The molecule has 0 aromatic heterocycles. The van der Waals surface area contributed by atoms with Crippen molar-refractivity contribution in [2.45, 2.75) is 24.8 Å². The second-order valence-electron chi connectivity index (χ2n) is 6.01. The van der Waals surface area contributed by atoms with Gasteiger partial charge in [-0.3, -0.25) is 4.79 Å². The third-order valence-electron chi connectivity index (χ3n) is 4.18. The topological polar surface area (TPSA) is 54.5 Å². The number of nitrogens with zero attached hydrogens (tertiary/aromatic N) is 1. The van der Waals surface area contributed by atoms with Crippen LogP contribution in [0.1, 0.15) is 34.5 Å². The third kappa shape index (κ3) is 4.04. The van der Waals surface area contributed by atoms with Crippen LogP contribution in [0.3, 0.4) is 0 Å². The predicted molar refractivity (Wildman–Crippen MR) is 91.2 cm³/mol. The zero-order valence-electron chi connectivity index (χ0n) is 14.4. The Bertz CT molecular complexity index is 926. The van der Waals surface area contributed by atoms with E-state index >= 15 is 0 Å². The number of halogens is 2. The van der Waals surface area contributed by atoms with Gasteiger partial charge in [-0.05, 0) is 49.7 Å². The highest BCUT2D eigenvalue weighted by Gasteiger charge is 2.24. The number of sulfone groups is 1. The van der Waals surface area contributed by atoms with Gasteiger partial charge >= 0.3 is 0 Å². The molecule has 0 radical (unpaired) electrons. The van der Waals surface area contributed by atoms with Crippen molar-refractivity contribution in [3.8, 4) is 0 Å². The van der Waals surface area contributed by atoms with Crippen LogP contribution in [-0.4, -0.2) is 32.5 Å². The van der Waals surface area contributed by atoms with Crippen LogP contribution in [0.25, 0.3) is 0 Å². The second-order valence-corrected chi connectivity index (χ2v) is 8.02. The summed E-state index contributed by atoms with van der Waals surface area (Å²) in [6.45, 7) is 3.26. The van der Waals surface area contributed by atoms with Crippen LogP contribution in [0.5, 0.6) is 0 Å². The van der Waals surface area contributed by atoms with E-state index in [-0.39, 0.29) is 16.0 Å². The molecule has 0 saturated carbocycles. The van der Waals surface area contributed by atoms with Crippen LogP contribution in [0.4, 0.5) is 8.78 Å². The molecule has 2 rings (SSSR count). The maximum Gasteiger partial charge on any atom is 0.254 e. The van der Waals surface area contributed by atoms with Gasteiger partial charge < -0.3 is 4.90 Å². The summed E-state index contributed by atoms with van der Waals surface area (Å²) in [6, 6.07) is 6.61. The van der Waals surface area contributed by atoms with Gasteiger partial charge in [0, 0.05) is 24.4 Å². The number of benzene rings is 2. The first kappa shape index (κ1) is 19.1. The molecular formula is C18H19F2NO3S. The van der Waals surface area contributed by atoms with Gasteiger partial charge in [-0.2, -0.15) is 0 Å². The van der Waals surface area contributed by atoms with Crippen molar-refractivity contribution in [3.05, 3.63) is 64.7 Å². The highest BCUT2D eigenvalue weighted by molar-refractivity contribution is 7.90. The number of hydrogen-bond donors (Lipinski definition) is 0. The molecule has 7 heteroatoms. The SMILES string of the molecule is Cc1ccc(S(C)(=O)=O)cc1C(=O)N(C)C(C)c1cc(F)ccc1F. The van der Waals surface area contributed by atoms with Gasteiger partial charge in [-0.15, -0.1) is 0 Å². The van der Waals surface area contributed by atoms with Crippen molar-refractivity contribution >= 4 is 15.7 Å². The lowest BCUT2D eigenvalue weighted by Gasteiger charge is -2.26. The van der Waals surface area contributed by atoms with Crippen molar-refractivity contribution in [3.63, 3.8) is 0 Å². The summed E-state index contributed by atoms with van der Waals surface area (Å²) >= 11 is 0. The first-order chi connectivity index (χ1) is 11.5. The van der Waals surface area contributed by atoms with E-state index in [1.165, 1.54) is 24.1 Å². The summed E-state index contributed by atoms with van der Waals surface area (Å²) < 4.78 is 50.8. The Morgan fingerprint density at radius 2 is 1.76 bits per heavy atom. The average Bonchev–Trinajstić information content (AvgIpc) is 2.54. The molecule has 0 aliphatic carbocycles. The van der Waals surface area contributed by atoms with Gasteiger partial charge in [0.15, 0.2) is 9.84 Å². The van der Waals surface area contributed by atoms with Gasteiger partial charge in [-0.25, -0.2) is 17.2 Å². The largest absolute Gasteiger partial charge is 0.335 e. The molecule has 1 unspecified atom stereocenters. The summed E-state index contributed by atoms with van der Waals surface area (Å²) in [5.41, 5.74) is 0.845. The lowest BCUT2D eigenvalue weighted by Crippen LogP contribution is -2.31. The van der Waals surface area contributed by atoms with Crippen molar-refractivity contribution in [1.29, 1.82) is 0 Å². The number of rotatable bonds is 4. The molecule has 0 bridgehead atoms. The van der Waals surface area contributed by atoms with E-state index in [1.807, 2.05) is 0 Å². The van der Waals surface area contributed by atoms with Crippen LogP contribution in [-0.2, 0) is 9.84 Å². The zero-order chi connectivity index (χ0) is 18.9. The molecule has 0 saturated heterocycles. The fraction of sp³-hybridized carbons (Fsp3) is 0.278. The van der Waals surface area contributed by atoms with Gasteiger partial charge in [0.05, 0.1) is 10.9 Å². The zero-order valence-corrected chi connectivity index (χ0v) is 15.2. The van der Waals surface area contributed by atoms with Crippen molar-refractivity contribution in [1.82, 2.24) is 4.90 Å². The average molecular weight is 367 g/mol. The van der Waals surface area contributed by atoms with Crippen LogP contribution in [0, 0.1) is 18.6 Å². The molecule has 134 valence electrons. The summed E-state index contributed by atoms with van der Waals surface area (Å²) in [5, 5.41) is 0. The van der Waals surface area contributed by atoms with E-state index in [0.717, 1.165) is 24.5 Å². The Kier molecular flexibility index (Phi) is 5.27. The normalized spacial score (nSPS) is 12.7. The molecule has 0 aliphatic heterocycles. The monoisotopic (exact) mass is 367 g/mol. The molecule has 25 heavy (non-hydrogen) atoms. The summed E-state index contributed by atoms with van der Waals surface area (Å²) in [5.74, 6) is -1.69. The number of carbonyl (C=O) groups is 1. The fourth-order valence-electron chi connectivity index (χ4n) is 2.47. The highest BCUT2D eigenvalue weighted by atomic mass is 32.2. The predicted octanol–water partition coefficient (Wildman–Crippen LogP) is 3.51. The Morgan fingerprint density at radius 3 is 2.36 bits per heavy atom. The van der Waals surface area contributed by atoms with Crippen LogP contribution < -0.4 is 0 Å². The van der Waals surface area contributed by atoms with Crippen LogP contribution in [0.15, 0.2) is 41.3 Å². The van der Waals surface area contributed by atoms with Crippen molar-refractivity contribution < 1.29 is 22.0 Å². The minimum Gasteiger partial charge on any atom is -0.335 e. The fourth-order valence-corrected chi connectivity index (χ4v) is 3.12. The molecule has 2 aromatic rings. The number of hydrogen-bond acceptors (Lipinski definition) is 3. The molecule has 4 nitrogen and oxygen atoms in total. The molecule has 0 aliphatic rings. The summed E-state index contributed by atoms with van der Waals surface area (Å²) in [4.78, 5) is 14.1. The van der Waals surface area contributed by atoms with E-state index < -0.39 is 33.4 Å². The van der Waals surface area contributed by atoms with Crippen LogP contribution in [0.2, 0.25) is 0 Å². The van der Waals surface area contributed by atoms with E-state index in [0.29, 0.717) is 5.56 Å².